The molecular weight excluding hydrogens is 206 g/mol. The Morgan fingerprint density at radius 2 is 1.65 bits per heavy atom. The van der Waals surface area contributed by atoms with Crippen LogP contribution in [0.2, 0.25) is 0 Å². The lowest BCUT2D eigenvalue weighted by Gasteiger charge is -1.96. The number of nitrogens with zero attached hydrogens (tertiary/aromatic N) is 1. The van der Waals surface area contributed by atoms with Crippen LogP contribution < -0.4 is 0 Å². The van der Waals surface area contributed by atoms with E-state index in [1.54, 1.807) is 0 Å². The van der Waals surface area contributed by atoms with E-state index < -0.39 is 0 Å². The number of unbranched alkanes of at least 4 members (excludes halogenated alkanes) is 3. The van der Waals surface area contributed by atoms with Gasteiger partial charge in [-0.3, -0.25) is 4.98 Å². The highest BCUT2D eigenvalue weighted by atomic mass is 14.6. The van der Waals surface area contributed by atoms with Gasteiger partial charge in [0.05, 0.1) is 0 Å². The molecule has 1 nitrogen and oxygen atoms in total. The van der Waals surface area contributed by atoms with Gasteiger partial charge in [-0.25, -0.2) is 0 Å². The molecule has 1 aromatic carbocycles. The molecule has 0 bridgehead atoms. The monoisotopic (exact) mass is 229 g/mol. The smallest absolute Gasteiger partial charge is 0.0346 e. The van der Waals surface area contributed by atoms with Gasteiger partial charge in [-0.05, 0) is 24.4 Å². The van der Waals surface area contributed by atoms with Crippen LogP contribution in [0.15, 0.2) is 36.7 Å². The zero-order valence-corrected chi connectivity index (χ0v) is 11.2. The number of fused-ring (bicyclic) bond motifs is 1. The molecule has 0 aliphatic rings. The minimum atomic E-state index is 1.22. The molecule has 0 fully saturated rings. The molecule has 2 rings (SSSR count). The zero-order valence-electron chi connectivity index (χ0n) is 11.2. The topological polar surface area (TPSA) is 12.9 Å². The normalized spacial score (nSPS) is 9.82. The van der Waals surface area contributed by atoms with Crippen LogP contribution in [-0.4, -0.2) is 4.98 Å². The number of aryl methyl sites for hydroxylation is 1. The maximum atomic E-state index is 4.05. The largest absolute Gasteiger partial charge is 0.264 e. The number of rotatable bonds is 3. The summed E-state index contributed by atoms with van der Waals surface area (Å²) in [5.74, 6) is 0. The summed E-state index contributed by atoms with van der Waals surface area (Å²) in [5.41, 5.74) is 1.28. The first-order chi connectivity index (χ1) is 8.27. The van der Waals surface area contributed by atoms with Crippen LogP contribution in [0.4, 0.5) is 0 Å². The average molecular weight is 229 g/mol. The van der Waals surface area contributed by atoms with Crippen molar-refractivity contribution in [3.8, 4) is 0 Å². The standard InChI is InChI=1S/C10H9N.C6H14/c1-8-2-3-9-4-5-11-7-10(9)6-8;1-3-5-6-4-2/h2-7H,1H3;3-6H2,1-2H3. The fourth-order valence-corrected chi connectivity index (χ4v) is 1.70. The first kappa shape index (κ1) is 13.7. The van der Waals surface area contributed by atoms with Crippen molar-refractivity contribution in [1.29, 1.82) is 0 Å². The quantitative estimate of drug-likeness (QED) is 0.665. The van der Waals surface area contributed by atoms with Gasteiger partial charge in [0.15, 0.2) is 0 Å². The fourth-order valence-electron chi connectivity index (χ4n) is 1.70. The third-order valence-electron chi connectivity index (χ3n) is 2.75. The van der Waals surface area contributed by atoms with Gasteiger partial charge in [0.1, 0.15) is 0 Å². The van der Waals surface area contributed by atoms with Gasteiger partial charge in [0, 0.05) is 17.8 Å². The summed E-state index contributed by atoms with van der Waals surface area (Å²) in [7, 11) is 0. The molecule has 17 heavy (non-hydrogen) atoms. The third-order valence-corrected chi connectivity index (χ3v) is 2.75. The molecular formula is C16H23N. The predicted octanol–water partition coefficient (Wildman–Crippen LogP) is 5.13. The summed E-state index contributed by atoms with van der Waals surface area (Å²) in [5, 5.41) is 2.47. The van der Waals surface area contributed by atoms with Crippen molar-refractivity contribution in [3.05, 3.63) is 42.2 Å². The zero-order chi connectivity index (χ0) is 12.5. The van der Waals surface area contributed by atoms with Crippen LogP contribution in [0.1, 0.15) is 45.1 Å². The van der Waals surface area contributed by atoms with Gasteiger partial charge in [0.25, 0.3) is 0 Å². The van der Waals surface area contributed by atoms with Crippen molar-refractivity contribution in [1.82, 2.24) is 4.98 Å². The van der Waals surface area contributed by atoms with E-state index in [9.17, 15) is 0 Å². The second kappa shape index (κ2) is 7.83. The average Bonchev–Trinajstić information content (AvgIpc) is 2.37. The number of aromatic nitrogens is 1. The van der Waals surface area contributed by atoms with E-state index in [4.69, 9.17) is 0 Å². The second-order valence-electron chi connectivity index (χ2n) is 4.43. The van der Waals surface area contributed by atoms with Gasteiger partial charge >= 0.3 is 0 Å². The predicted molar refractivity (Wildman–Crippen MR) is 76.3 cm³/mol. The van der Waals surface area contributed by atoms with E-state index >= 15 is 0 Å². The maximum absolute atomic E-state index is 4.05. The van der Waals surface area contributed by atoms with Crippen molar-refractivity contribution in [2.45, 2.75) is 46.5 Å². The molecule has 0 saturated heterocycles. The first-order valence-corrected chi connectivity index (χ1v) is 6.58. The Morgan fingerprint density at radius 3 is 2.29 bits per heavy atom. The summed E-state index contributed by atoms with van der Waals surface area (Å²) >= 11 is 0. The SMILES string of the molecule is CCCCCC.Cc1ccc2ccncc2c1. The number of hydrogen-bond donors (Lipinski definition) is 0. The molecule has 2 aromatic rings. The molecule has 0 atom stereocenters. The number of pyridine rings is 1. The van der Waals surface area contributed by atoms with Crippen molar-refractivity contribution in [2.24, 2.45) is 0 Å². The summed E-state index contributed by atoms with van der Waals surface area (Å²) in [4.78, 5) is 4.05. The second-order valence-corrected chi connectivity index (χ2v) is 4.43. The summed E-state index contributed by atoms with van der Waals surface area (Å²) in [6.45, 7) is 6.55. The van der Waals surface area contributed by atoms with Crippen LogP contribution in [0.25, 0.3) is 10.8 Å². The molecule has 0 aliphatic heterocycles. The van der Waals surface area contributed by atoms with E-state index in [2.05, 4.69) is 44.0 Å². The van der Waals surface area contributed by atoms with Crippen LogP contribution in [-0.2, 0) is 0 Å². The van der Waals surface area contributed by atoms with Crippen molar-refractivity contribution in [3.63, 3.8) is 0 Å². The summed E-state index contributed by atoms with van der Waals surface area (Å²) in [6.07, 6.45) is 9.24. The lowest BCUT2D eigenvalue weighted by atomic mass is 10.1. The first-order valence-electron chi connectivity index (χ1n) is 6.58. The molecule has 1 heterocycles. The van der Waals surface area contributed by atoms with Crippen molar-refractivity contribution in [2.75, 3.05) is 0 Å². The highest BCUT2D eigenvalue weighted by molar-refractivity contribution is 5.81. The lowest BCUT2D eigenvalue weighted by Crippen LogP contribution is -1.75. The van der Waals surface area contributed by atoms with Gasteiger partial charge < -0.3 is 0 Å². The maximum Gasteiger partial charge on any atom is 0.0346 e. The van der Waals surface area contributed by atoms with Gasteiger partial charge in [-0.15, -0.1) is 0 Å². The lowest BCUT2D eigenvalue weighted by molar-refractivity contribution is 0.702. The molecule has 0 radical (unpaired) electrons. The molecule has 0 saturated carbocycles. The van der Waals surface area contributed by atoms with E-state index in [0.717, 1.165) is 0 Å². The molecule has 92 valence electrons. The highest BCUT2D eigenvalue weighted by Crippen LogP contribution is 2.12. The number of benzene rings is 1. The van der Waals surface area contributed by atoms with Gasteiger partial charge in [-0.2, -0.15) is 0 Å². The molecule has 0 aliphatic carbocycles. The molecule has 0 N–H and O–H groups in total. The van der Waals surface area contributed by atoms with Gasteiger partial charge in [-0.1, -0.05) is 57.2 Å². The molecule has 0 unspecified atom stereocenters. The van der Waals surface area contributed by atoms with Crippen LogP contribution in [0.3, 0.4) is 0 Å². The molecule has 0 amide bonds. The molecule has 1 aromatic heterocycles. The molecule has 0 spiro atoms. The van der Waals surface area contributed by atoms with Crippen LogP contribution in [0.5, 0.6) is 0 Å². The van der Waals surface area contributed by atoms with Crippen molar-refractivity contribution < 1.29 is 0 Å². The van der Waals surface area contributed by atoms with Gasteiger partial charge in [0.2, 0.25) is 0 Å². The Morgan fingerprint density at radius 1 is 0.941 bits per heavy atom. The minimum absolute atomic E-state index is 1.22. The van der Waals surface area contributed by atoms with Crippen LogP contribution in [0, 0.1) is 6.92 Å². The number of hydrogen-bond acceptors (Lipinski definition) is 1. The Bertz CT molecular complexity index is 430. The third kappa shape index (κ3) is 4.99. The minimum Gasteiger partial charge on any atom is -0.264 e. The van der Waals surface area contributed by atoms with E-state index in [0.29, 0.717) is 0 Å². The van der Waals surface area contributed by atoms with E-state index in [1.807, 2.05) is 18.5 Å². The fraction of sp³-hybridized carbons (Fsp3) is 0.438. The van der Waals surface area contributed by atoms with E-state index in [-0.39, 0.29) is 0 Å². The van der Waals surface area contributed by atoms with Crippen LogP contribution >= 0.6 is 0 Å². The van der Waals surface area contributed by atoms with E-state index in [1.165, 1.54) is 42.0 Å². The molecule has 1 heteroatoms. The van der Waals surface area contributed by atoms with Crippen molar-refractivity contribution >= 4 is 10.8 Å². The Labute approximate surface area is 105 Å². The Kier molecular flexibility index (Phi) is 6.31. The summed E-state index contributed by atoms with van der Waals surface area (Å²) < 4.78 is 0. The Balaban J connectivity index is 0.000000209. The highest BCUT2D eigenvalue weighted by Gasteiger charge is 1.90. The summed E-state index contributed by atoms with van der Waals surface area (Å²) in [6, 6.07) is 8.39. The Hall–Kier alpha value is -1.37.